The van der Waals surface area contributed by atoms with Gasteiger partial charge in [0.05, 0.1) is 5.92 Å². The minimum atomic E-state index is -0.392. The molecular weight excluding hydrogens is 407 g/mol. The largest absolute Gasteiger partial charge is 0.492 e. The van der Waals surface area contributed by atoms with Crippen molar-refractivity contribution in [2.45, 2.75) is 19.3 Å². The summed E-state index contributed by atoms with van der Waals surface area (Å²) in [6, 6.07) is 20.9. The monoisotopic (exact) mass is 432 g/mol. The van der Waals surface area contributed by atoms with Gasteiger partial charge in [-0.3, -0.25) is 9.59 Å². The van der Waals surface area contributed by atoms with Crippen molar-refractivity contribution < 1.29 is 18.7 Å². The van der Waals surface area contributed by atoms with Crippen LogP contribution in [0.25, 0.3) is 0 Å². The summed E-state index contributed by atoms with van der Waals surface area (Å²) in [5.41, 5.74) is 3.10. The molecule has 1 aliphatic rings. The summed E-state index contributed by atoms with van der Waals surface area (Å²) in [4.78, 5) is 25.0. The molecular formula is C26H25FN2O3. The lowest BCUT2D eigenvalue weighted by Gasteiger charge is -2.25. The van der Waals surface area contributed by atoms with Crippen molar-refractivity contribution in [2.24, 2.45) is 5.92 Å². The number of aryl methyl sites for hydroxylation is 1. The molecule has 0 aromatic heterocycles. The van der Waals surface area contributed by atoms with Crippen LogP contribution in [0.15, 0.2) is 72.8 Å². The van der Waals surface area contributed by atoms with Crippen molar-refractivity contribution in [1.82, 2.24) is 5.32 Å². The van der Waals surface area contributed by atoms with Crippen LogP contribution >= 0.6 is 0 Å². The Morgan fingerprint density at radius 1 is 1.00 bits per heavy atom. The first-order valence-corrected chi connectivity index (χ1v) is 10.7. The maximum Gasteiger partial charge on any atom is 0.255 e. The summed E-state index contributed by atoms with van der Waals surface area (Å²) in [6.07, 6.45) is 2.34. The summed E-state index contributed by atoms with van der Waals surface area (Å²) in [7, 11) is 0. The highest BCUT2D eigenvalue weighted by atomic mass is 19.1. The van der Waals surface area contributed by atoms with E-state index >= 15 is 0 Å². The van der Waals surface area contributed by atoms with E-state index in [1.54, 1.807) is 12.1 Å². The number of carbonyl (C=O) groups is 2. The number of hydrogen-bond acceptors (Lipinski definition) is 3. The SMILES string of the molecule is O=C(Nc1ccc2c(c1)C[C@H](C(=O)NCCCc1ccccc1)CO2)c1ccc(F)cc1. The number of rotatable bonds is 7. The molecule has 4 rings (SSSR count). The van der Waals surface area contributed by atoms with Gasteiger partial charge in [-0.1, -0.05) is 30.3 Å². The third kappa shape index (κ3) is 5.52. The second-order valence-corrected chi connectivity index (χ2v) is 7.88. The number of amides is 2. The highest BCUT2D eigenvalue weighted by Crippen LogP contribution is 2.30. The lowest BCUT2D eigenvalue weighted by atomic mass is 9.95. The van der Waals surface area contributed by atoms with Gasteiger partial charge in [0.2, 0.25) is 5.91 Å². The lowest BCUT2D eigenvalue weighted by molar-refractivity contribution is -0.126. The van der Waals surface area contributed by atoms with Crippen LogP contribution in [0.1, 0.15) is 27.9 Å². The molecule has 0 spiro atoms. The van der Waals surface area contributed by atoms with Gasteiger partial charge in [0, 0.05) is 17.8 Å². The first-order valence-electron chi connectivity index (χ1n) is 10.7. The van der Waals surface area contributed by atoms with E-state index in [1.165, 1.54) is 29.8 Å². The van der Waals surface area contributed by atoms with Crippen molar-refractivity contribution in [3.8, 4) is 5.75 Å². The molecule has 0 saturated heterocycles. The molecule has 0 unspecified atom stereocenters. The molecule has 32 heavy (non-hydrogen) atoms. The molecule has 6 heteroatoms. The van der Waals surface area contributed by atoms with Gasteiger partial charge in [0.1, 0.15) is 18.2 Å². The van der Waals surface area contributed by atoms with E-state index in [0.29, 0.717) is 30.8 Å². The Kier molecular flexibility index (Phi) is 6.80. The fraction of sp³-hybridized carbons (Fsp3) is 0.231. The van der Waals surface area contributed by atoms with Crippen molar-refractivity contribution >= 4 is 17.5 Å². The van der Waals surface area contributed by atoms with Crippen LogP contribution in [-0.4, -0.2) is 25.0 Å². The van der Waals surface area contributed by atoms with Crippen molar-refractivity contribution in [3.05, 3.63) is 95.3 Å². The molecule has 164 valence electrons. The van der Waals surface area contributed by atoms with Crippen molar-refractivity contribution in [2.75, 3.05) is 18.5 Å². The van der Waals surface area contributed by atoms with E-state index in [0.717, 1.165) is 24.2 Å². The van der Waals surface area contributed by atoms with Crippen LogP contribution in [-0.2, 0) is 17.6 Å². The molecule has 3 aromatic carbocycles. The van der Waals surface area contributed by atoms with Crippen LogP contribution in [0, 0.1) is 11.7 Å². The van der Waals surface area contributed by atoms with Gasteiger partial charge in [-0.05, 0) is 72.9 Å². The zero-order valence-corrected chi connectivity index (χ0v) is 17.6. The van der Waals surface area contributed by atoms with E-state index in [1.807, 2.05) is 24.3 Å². The predicted octanol–water partition coefficient (Wildman–Crippen LogP) is 4.38. The lowest BCUT2D eigenvalue weighted by Crippen LogP contribution is -2.37. The van der Waals surface area contributed by atoms with Gasteiger partial charge in [-0.2, -0.15) is 0 Å². The van der Waals surface area contributed by atoms with Crippen LogP contribution in [0.3, 0.4) is 0 Å². The fourth-order valence-electron chi connectivity index (χ4n) is 3.74. The predicted molar refractivity (Wildman–Crippen MR) is 121 cm³/mol. The highest BCUT2D eigenvalue weighted by molar-refractivity contribution is 6.04. The standard InChI is InChI=1S/C26H25FN2O3/c27-22-10-8-19(9-11-22)26(31)29-23-12-13-24-20(16-23)15-21(17-32-24)25(30)28-14-4-7-18-5-2-1-3-6-18/h1-3,5-6,8-13,16,21H,4,7,14-15,17H2,(H,28,30)(H,29,31)/t21-/m0/s1. The van der Waals surface area contributed by atoms with Crippen LogP contribution in [0.2, 0.25) is 0 Å². The Hall–Kier alpha value is -3.67. The zero-order chi connectivity index (χ0) is 22.3. The Morgan fingerprint density at radius 2 is 1.78 bits per heavy atom. The summed E-state index contributed by atoms with van der Waals surface area (Å²) < 4.78 is 18.8. The molecule has 0 fully saturated rings. The molecule has 0 radical (unpaired) electrons. The summed E-state index contributed by atoms with van der Waals surface area (Å²) in [5, 5.41) is 5.82. The maximum absolute atomic E-state index is 13.1. The van der Waals surface area contributed by atoms with E-state index in [-0.39, 0.29) is 17.7 Å². The van der Waals surface area contributed by atoms with Gasteiger partial charge in [0.15, 0.2) is 0 Å². The van der Waals surface area contributed by atoms with Crippen molar-refractivity contribution in [1.29, 1.82) is 0 Å². The molecule has 1 heterocycles. The van der Waals surface area contributed by atoms with Crippen molar-refractivity contribution in [3.63, 3.8) is 0 Å². The van der Waals surface area contributed by atoms with E-state index in [9.17, 15) is 14.0 Å². The molecule has 0 aliphatic carbocycles. The highest BCUT2D eigenvalue weighted by Gasteiger charge is 2.26. The Labute approximate surface area is 186 Å². The molecule has 2 amide bonds. The Bertz CT molecular complexity index is 1080. The summed E-state index contributed by atoms with van der Waals surface area (Å²) >= 11 is 0. The third-order valence-electron chi connectivity index (χ3n) is 5.49. The molecule has 1 aliphatic heterocycles. The van der Waals surface area contributed by atoms with E-state index in [2.05, 4.69) is 22.8 Å². The van der Waals surface area contributed by atoms with Gasteiger partial charge in [-0.25, -0.2) is 4.39 Å². The number of fused-ring (bicyclic) bond motifs is 1. The number of anilines is 1. The Balaban J connectivity index is 1.30. The molecule has 2 N–H and O–H groups in total. The van der Waals surface area contributed by atoms with Gasteiger partial charge in [0.25, 0.3) is 5.91 Å². The summed E-state index contributed by atoms with van der Waals surface area (Å²) in [6.45, 7) is 0.948. The molecule has 5 nitrogen and oxygen atoms in total. The molecule has 0 saturated carbocycles. The maximum atomic E-state index is 13.1. The number of nitrogens with one attached hydrogen (secondary N) is 2. The average molecular weight is 432 g/mol. The smallest absolute Gasteiger partial charge is 0.255 e. The normalized spacial score (nSPS) is 14.7. The molecule has 0 bridgehead atoms. The number of hydrogen-bond donors (Lipinski definition) is 2. The van der Waals surface area contributed by atoms with Crippen LogP contribution in [0.4, 0.5) is 10.1 Å². The van der Waals surface area contributed by atoms with Gasteiger partial charge in [-0.15, -0.1) is 0 Å². The van der Waals surface area contributed by atoms with Gasteiger partial charge >= 0.3 is 0 Å². The summed E-state index contributed by atoms with van der Waals surface area (Å²) in [5.74, 6) is -0.295. The van der Waals surface area contributed by atoms with E-state index < -0.39 is 5.82 Å². The first-order chi connectivity index (χ1) is 15.6. The number of ether oxygens (including phenoxy) is 1. The molecule has 3 aromatic rings. The molecule has 1 atom stereocenters. The second kappa shape index (κ2) is 10.1. The topological polar surface area (TPSA) is 67.4 Å². The Morgan fingerprint density at radius 3 is 2.56 bits per heavy atom. The minimum Gasteiger partial charge on any atom is -0.492 e. The first kappa shape index (κ1) is 21.6. The van der Waals surface area contributed by atoms with Crippen LogP contribution in [0.5, 0.6) is 5.75 Å². The van der Waals surface area contributed by atoms with Gasteiger partial charge < -0.3 is 15.4 Å². The average Bonchev–Trinajstić information content (AvgIpc) is 2.82. The second-order valence-electron chi connectivity index (χ2n) is 7.88. The quantitative estimate of drug-likeness (QED) is 0.545. The zero-order valence-electron chi connectivity index (χ0n) is 17.6. The minimum absolute atomic E-state index is 0.0236. The number of carbonyl (C=O) groups excluding carboxylic acids is 2. The van der Waals surface area contributed by atoms with Crippen LogP contribution < -0.4 is 15.4 Å². The third-order valence-corrected chi connectivity index (χ3v) is 5.49. The fourth-order valence-corrected chi connectivity index (χ4v) is 3.74. The number of halogens is 1. The van der Waals surface area contributed by atoms with E-state index in [4.69, 9.17) is 4.74 Å². The number of benzene rings is 3.